The summed E-state index contributed by atoms with van der Waals surface area (Å²) in [6.07, 6.45) is -3.33. The molecule has 0 saturated heterocycles. The highest BCUT2D eigenvalue weighted by atomic mass is 79.9. The molecule has 0 saturated carbocycles. The average molecular weight is 346 g/mol. The van der Waals surface area contributed by atoms with Crippen molar-refractivity contribution in [1.82, 2.24) is 4.98 Å². The van der Waals surface area contributed by atoms with Gasteiger partial charge in [0.25, 0.3) is 0 Å². The van der Waals surface area contributed by atoms with E-state index in [0.717, 1.165) is 33.9 Å². The summed E-state index contributed by atoms with van der Waals surface area (Å²) in [7, 11) is 0. The summed E-state index contributed by atoms with van der Waals surface area (Å²) < 4.78 is 44.1. The second-order valence-corrected chi connectivity index (χ2v) is 5.15. The maximum Gasteiger partial charge on any atom is 0.416 e. The fourth-order valence-electron chi connectivity index (χ4n) is 1.73. The molecule has 0 bridgehead atoms. The molecule has 0 atom stereocenters. The molecule has 2 aromatic rings. The maximum atomic E-state index is 12.6. The quantitative estimate of drug-likeness (QED) is 0.739. The van der Waals surface area contributed by atoms with Crippen LogP contribution < -0.4 is 4.74 Å². The van der Waals surface area contributed by atoms with E-state index in [-0.39, 0.29) is 5.88 Å². The molecule has 2 nitrogen and oxygen atoms in total. The fourth-order valence-corrected chi connectivity index (χ4v) is 1.96. The first-order valence-electron chi connectivity index (χ1n) is 5.75. The third kappa shape index (κ3) is 3.30. The Bertz CT molecular complexity index is 618. The largest absolute Gasteiger partial charge is 0.439 e. The van der Waals surface area contributed by atoms with Crippen LogP contribution in [0.2, 0.25) is 0 Å². The normalized spacial score (nSPS) is 11.5. The van der Waals surface area contributed by atoms with E-state index in [1.165, 1.54) is 0 Å². The zero-order valence-corrected chi connectivity index (χ0v) is 12.3. The SMILES string of the molecule is Cc1cc(Oc2cc(C(F)(F)F)ccn2)cc(C)c1Br. The fraction of sp³-hybridized carbons (Fsp3) is 0.214. The summed E-state index contributed by atoms with van der Waals surface area (Å²) in [5.74, 6) is 0.371. The number of halogens is 4. The zero-order chi connectivity index (χ0) is 14.9. The highest BCUT2D eigenvalue weighted by Gasteiger charge is 2.31. The van der Waals surface area contributed by atoms with Crippen molar-refractivity contribution >= 4 is 15.9 Å². The summed E-state index contributed by atoms with van der Waals surface area (Å²) in [5, 5.41) is 0. The first-order chi connectivity index (χ1) is 9.27. The third-order valence-electron chi connectivity index (χ3n) is 2.69. The van der Waals surface area contributed by atoms with Crippen LogP contribution in [-0.4, -0.2) is 4.98 Å². The van der Waals surface area contributed by atoms with Crippen molar-refractivity contribution in [1.29, 1.82) is 0 Å². The van der Waals surface area contributed by atoms with Crippen LogP contribution in [0.25, 0.3) is 0 Å². The van der Waals surface area contributed by atoms with Gasteiger partial charge in [-0.3, -0.25) is 0 Å². The number of ether oxygens (including phenoxy) is 1. The second-order valence-electron chi connectivity index (χ2n) is 4.35. The number of nitrogens with zero attached hydrogens (tertiary/aromatic N) is 1. The Labute approximate surface area is 122 Å². The smallest absolute Gasteiger partial charge is 0.416 e. The molecule has 0 spiro atoms. The number of rotatable bonds is 2. The van der Waals surface area contributed by atoms with E-state index in [9.17, 15) is 13.2 Å². The predicted molar refractivity (Wildman–Crippen MR) is 72.9 cm³/mol. The summed E-state index contributed by atoms with van der Waals surface area (Å²) in [6, 6.07) is 5.26. The van der Waals surface area contributed by atoms with Crippen molar-refractivity contribution < 1.29 is 17.9 Å². The monoisotopic (exact) mass is 345 g/mol. The Balaban J connectivity index is 2.31. The van der Waals surface area contributed by atoms with Gasteiger partial charge in [-0.15, -0.1) is 0 Å². The molecule has 0 N–H and O–H groups in total. The van der Waals surface area contributed by atoms with E-state index in [2.05, 4.69) is 20.9 Å². The predicted octanol–water partition coefficient (Wildman–Crippen LogP) is 5.27. The number of hydrogen-bond donors (Lipinski definition) is 0. The van der Waals surface area contributed by atoms with Crippen LogP contribution in [0.1, 0.15) is 16.7 Å². The lowest BCUT2D eigenvalue weighted by Gasteiger charge is -2.11. The minimum atomic E-state index is -4.41. The van der Waals surface area contributed by atoms with Gasteiger partial charge in [0.15, 0.2) is 0 Å². The summed E-state index contributed by atoms with van der Waals surface area (Å²) >= 11 is 3.42. The molecular formula is C14H11BrF3NO. The number of pyridine rings is 1. The van der Waals surface area contributed by atoms with Crippen molar-refractivity contribution in [2.45, 2.75) is 20.0 Å². The lowest BCUT2D eigenvalue weighted by Crippen LogP contribution is -2.05. The van der Waals surface area contributed by atoms with Gasteiger partial charge < -0.3 is 4.74 Å². The Hall–Kier alpha value is -1.56. The minimum absolute atomic E-state index is 0.0825. The molecule has 0 aliphatic heterocycles. The molecule has 6 heteroatoms. The number of aryl methyl sites for hydroxylation is 2. The van der Waals surface area contributed by atoms with Crippen molar-refractivity contribution in [3.8, 4) is 11.6 Å². The van der Waals surface area contributed by atoms with Crippen LogP contribution in [-0.2, 0) is 6.18 Å². The molecule has 20 heavy (non-hydrogen) atoms. The first-order valence-corrected chi connectivity index (χ1v) is 6.54. The average Bonchev–Trinajstić information content (AvgIpc) is 2.35. The number of aromatic nitrogens is 1. The van der Waals surface area contributed by atoms with E-state index >= 15 is 0 Å². The molecule has 0 aliphatic rings. The Morgan fingerprint density at radius 3 is 2.25 bits per heavy atom. The summed E-state index contributed by atoms with van der Waals surface area (Å²) in [5.41, 5.74) is 1.09. The van der Waals surface area contributed by atoms with Crippen LogP contribution >= 0.6 is 15.9 Å². The molecule has 0 unspecified atom stereocenters. The molecule has 0 fully saturated rings. The minimum Gasteiger partial charge on any atom is -0.439 e. The van der Waals surface area contributed by atoms with Crippen LogP contribution in [0, 0.1) is 13.8 Å². The number of alkyl halides is 3. The van der Waals surface area contributed by atoms with Gasteiger partial charge in [0.1, 0.15) is 5.75 Å². The molecule has 106 valence electrons. The molecule has 1 heterocycles. The number of hydrogen-bond acceptors (Lipinski definition) is 2. The van der Waals surface area contributed by atoms with Crippen molar-refractivity contribution in [3.63, 3.8) is 0 Å². The Morgan fingerprint density at radius 1 is 1.10 bits per heavy atom. The van der Waals surface area contributed by atoms with Gasteiger partial charge in [0.05, 0.1) is 5.56 Å². The van der Waals surface area contributed by atoms with Gasteiger partial charge >= 0.3 is 6.18 Å². The third-order valence-corrected chi connectivity index (χ3v) is 3.95. The van der Waals surface area contributed by atoms with E-state index in [1.54, 1.807) is 12.1 Å². The lowest BCUT2D eigenvalue weighted by molar-refractivity contribution is -0.137. The van der Waals surface area contributed by atoms with Gasteiger partial charge in [-0.25, -0.2) is 4.98 Å². The van der Waals surface area contributed by atoms with Crippen LogP contribution in [0.5, 0.6) is 11.6 Å². The van der Waals surface area contributed by atoms with E-state index < -0.39 is 11.7 Å². The molecule has 0 aliphatic carbocycles. The van der Waals surface area contributed by atoms with Crippen LogP contribution in [0.4, 0.5) is 13.2 Å². The molecule has 2 rings (SSSR count). The Morgan fingerprint density at radius 2 is 1.70 bits per heavy atom. The highest BCUT2D eigenvalue weighted by Crippen LogP contribution is 2.33. The van der Waals surface area contributed by atoms with Gasteiger partial charge in [-0.05, 0) is 43.2 Å². The summed E-state index contributed by atoms with van der Waals surface area (Å²) in [6.45, 7) is 3.76. The van der Waals surface area contributed by atoms with Gasteiger partial charge in [-0.2, -0.15) is 13.2 Å². The Kier molecular flexibility index (Phi) is 4.04. The molecule has 0 radical (unpaired) electrons. The van der Waals surface area contributed by atoms with E-state index in [0.29, 0.717) is 5.75 Å². The molecular weight excluding hydrogens is 335 g/mol. The second kappa shape index (κ2) is 5.44. The maximum absolute atomic E-state index is 12.6. The lowest BCUT2D eigenvalue weighted by atomic mass is 10.1. The van der Waals surface area contributed by atoms with Gasteiger partial charge in [0, 0.05) is 16.7 Å². The topological polar surface area (TPSA) is 22.1 Å². The van der Waals surface area contributed by atoms with Crippen LogP contribution in [0.3, 0.4) is 0 Å². The summed E-state index contributed by atoms with van der Waals surface area (Å²) in [4.78, 5) is 3.80. The standard InChI is InChI=1S/C14H11BrF3NO/c1-8-5-11(6-9(2)13(8)15)20-12-7-10(3-4-19-12)14(16,17)18/h3-7H,1-2H3. The van der Waals surface area contributed by atoms with E-state index in [4.69, 9.17) is 4.74 Å². The van der Waals surface area contributed by atoms with Crippen molar-refractivity contribution in [3.05, 3.63) is 51.6 Å². The molecule has 1 aromatic carbocycles. The van der Waals surface area contributed by atoms with Crippen LogP contribution in [0.15, 0.2) is 34.9 Å². The number of benzene rings is 1. The zero-order valence-electron chi connectivity index (χ0n) is 10.8. The van der Waals surface area contributed by atoms with Crippen molar-refractivity contribution in [2.24, 2.45) is 0 Å². The van der Waals surface area contributed by atoms with Gasteiger partial charge in [0.2, 0.25) is 5.88 Å². The van der Waals surface area contributed by atoms with Crippen molar-refractivity contribution in [2.75, 3.05) is 0 Å². The van der Waals surface area contributed by atoms with E-state index in [1.807, 2.05) is 13.8 Å². The highest BCUT2D eigenvalue weighted by molar-refractivity contribution is 9.10. The van der Waals surface area contributed by atoms with Gasteiger partial charge in [-0.1, -0.05) is 15.9 Å². The molecule has 1 aromatic heterocycles. The first kappa shape index (κ1) is 14.8. The molecule has 0 amide bonds.